The predicted octanol–water partition coefficient (Wildman–Crippen LogP) is 1.11. The van der Waals surface area contributed by atoms with Crippen LogP contribution < -0.4 is 5.73 Å². The number of benzene rings is 1. The lowest BCUT2D eigenvalue weighted by Gasteiger charge is -1.96. The molecule has 0 aliphatic heterocycles. The predicted molar refractivity (Wildman–Crippen MR) is 59.0 cm³/mol. The number of hydrogen-bond acceptors (Lipinski definition) is 4. The SMILES string of the molecule is NCCC#Cc1ccc(C=O)c([N+](=O)[O-])c1. The van der Waals surface area contributed by atoms with Crippen LogP contribution in [0.1, 0.15) is 22.3 Å². The number of nitro benzene ring substituents is 1. The zero-order chi connectivity index (χ0) is 12.0. The maximum Gasteiger partial charge on any atom is 0.281 e. The second kappa shape index (κ2) is 5.63. The number of carbonyl (C=O) groups is 1. The average molecular weight is 218 g/mol. The van der Waals surface area contributed by atoms with Crippen LogP contribution in [0.3, 0.4) is 0 Å². The maximum atomic E-state index is 10.6. The second-order valence-corrected chi connectivity index (χ2v) is 2.99. The lowest BCUT2D eigenvalue weighted by molar-refractivity contribution is -0.385. The third kappa shape index (κ3) is 2.90. The van der Waals surface area contributed by atoms with Gasteiger partial charge in [-0.2, -0.15) is 0 Å². The van der Waals surface area contributed by atoms with Gasteiger partial charge in [-0.25, -0.2) is 0 Å². The summed E-state index contributed by atoms with van der Waals surface area (Å²) < 4.78 is 0. The first-order valence-electron chi connectivity index (χ1n) is 4.61. The van der Waals surface area contributed by atoms with E-state index < -0.39 is 4.92 Å². The summed E-state index contributed by atoms with van der Waals surface area (Å²) in [6.07, 6.45) is 0.985. The molecule has 0 aromatic heterocycles. The van der Waals surface area contributed by atoms with Gasteiger partial charge in [0, 0.05) is 24.6 Å². The van der Waals surface area contributed by atoms with Gasteiger partial charge in [0.25, 0.3) is 5.69 Å². The van der Waals surface area contributed by atoms with Crippen LogP contribution in [0.15, 0.2) is 18.2 Å². The second-order valence-electron chi connectivity index (χ2n) is 2.99. The van der Waals surface area contributed by atoms with Gasteiger partial charge in [0.15, 0.2) is 6.29 Å². The molecular weight excluding hydrogens is 208 g/mol. The Kier molecular flexibility index (Phi) is 4.18. The standard InChI is InChI=1S/C11H10N2O3/c12-6-2-1-3-9-4-5-10(8-14)11(7-9)13(15)16/h4-5,7-8H,2,6,12H2. The molecule has 0 spiro atoms. The molecule has 0 amide bonds. The summed E-state index contributed by atoms with van der Waals surface area (Å²) in [6, 6.07) is 4.24. The van der Waals surface area contributed by atoms with Gasteiger partial charge in [-0.3, -0.25) is 14.9 Å². The Morgan fingerprint density at radius 2 is 2.25 bits per heavy atom. The highest BCUT2D eigenvalue weighted by atomic mass is 16.6. The summed E-state index contributed by atoms with van der Waals surface area (Å²) in [6.45, 7) is 0.446. The molecule has 0 saturated carbocycles. The lowest BCUT2D eigenvalue weighted by Crippen LogP contribution is -1.96. The van der Waals surface area contributed by atoms with Gasteiger partial charge >= 0.3 is 0 Å². The fourth-order valence-corrected chi connectivity index (χ4v) is 1.12. The summed E-state index contributed by atoms with van der Waals surface area (Å²) in [5.74, 6) is 5.51. The van der Waals surface area contributed by atoms with Crippen LogP contribution in [-0.2, 0) is 0 Å². The van der Waals surface area contributed by atoms with Gasteiger partial charge in [0.05, 0.1) is 10.5 Å². The Labute approximate surface area is 92.4 Å². The number of carbonyl (C=O) groups excluding carboxylic acids is 1. The summed E-state index contributed by atoms with van der Waals surface area (Å²) in [5.41, 5.74) is 5.59. The average Bonchev–Trinajstić information content (AvgIpc) is 2.29. The monoisotopic (exact) mass is 218 g/mol. The van der Waals surface area contributed by atoms with Crippen molar-refractivity contribution in [2.75, 3.05) is 6.54 Å². The number of nitrogens with zero attached hydrogens (tertiary/aromatic N) is 1. The van der Waals surface area contributed by atoms with Crippen LogP contribution in [0.5, 0.6) is 0 Å². The van der Waals surface area contributed by atoms with E-state index in [1.807, 2.05) is 0 Å². The molecule has 2 N–H and O–H groups in total. The van der Waals surface area contributed by atoms with Gasteiger partial charge in [-0.1, -0.05) is 11.8 Å². The van der Waals surface area contributed by atoms with Crippen molar-refractivity contribution in [1.82, 2.24) is 0 Å². The van der Waals surface area contributed by atoms with E-state index in [-0.39, 0.29) is 11.3 Å². The molecule has 0 heterocycles. The molecule has 1 aromatic rings. The van der Waals surface area contributed by atoms with Crippen molar-refractivity contribution in [3.05, 3.63) is 39.4 Å². The first-order chi connectivity index (χ1) is 7.69. The van der Waals surface area contributed by atoms with Crippen molar-refractivity contribution in [2.45, 2.75) is 6.42 Å². The van der Waals surface area contributed by atoms with Gasteiger partial charge in [0.1, 0.15) is 0 Å². The number of nitro groups is 1. The molecule has 16 heavy (non-hydrogen) atoms. The molecule has 0 bridgehead atoms. The molecular formula is C11H10N2O3. The zero-order valence-electron chi connectivity index (χ0n) is 8.47. The number of aldehydes is 1. The van der Waals surface area contributed by atoms with Crippen LogP contribution in [0.25, 0.3) is 0 Å². The molecule has 5 nitrogen and oxygen atoms in total. The highest BCUT2D eigenvalue weighted by molar-refractivity contribution is 5.81. The molecule has 82 valence electrons. The van der Waals surface area contributed by atoms with Crippen LogP contribution >= 0.6 is 0 Å². The molecule has 0 saturated heterocycles. The van der Waals surface area contributed by atoms with E-state index in [0.29, 0.717) is 24.8 Å². The minimum Gasteiger partial charge on any atom is -0.330 e. The van der Waals surface area contributed by atoms with E-state index in [9.17, 15) is 14.9 Å². The fraction of sp³-hybridized carbons (Fsp3) is 0.182. The summed E-state index contributed by atoms with van der Waals surface area (Å²) in [7, 11) is 0. The van der Waals surface area contributed by atoms with Gasteiger partial charge in [-0.15, -0.1) is 0 Å². The third-order valence-electron chi connectivity index (χ3n) is 1.86. The molecule has 1 aromatic carbocycles. The highest BCUT2D eigenvalue weighted by Crippen LogP contribution is 2.18. The van der Waals surface area contributed by atoms with E-state index in [2.05, 4.69) is 11.8 Å². The Bertz CT molecular complexity index is 472. The van der Waals surface area contributed by atoms with Crippen LogP contribution in [0.4, 0.5) is 5.69 Å². The van der Waals surface area contributed by atoms with Crippen LogP contribution in [0.2, 0.25) is 0 Å². The van der Waals surface area contributed by atoms with E-state index >= 15 is 0 Å². The molecule has 0 fully saturated rings. The molecule has 0 aliphatic rings. The summed E-state index contributed by atoms with van der Waals surface area (Å²) in [5, 5.41) is 10.6. The largest absolute Gasteiger partial charge is 0.330 e. The van der Waals surface area contributed by atoms with E-state index in [4.69, 9.17) is 5.73 Å². The smallest absolute Gasteiger partial charge is 0.281 e. The first kappa shape index (κ1) is 11.9. The Balaban J connectivity index is 3.08. The number of rotatable bonds is 3. The van der Waals surface area contributed by atoms with Crippen molar-refractivity contribution in [3.63, 3.8) is 0 Å². The van der Waals surface area contributed by atoms with Crippen molar-refractivity contribution in [3.8, 4) is 11.8 Å². The van der Waals surface area contributed by atoms with E-state index in [1.54, 1.807) is 6.07 Å². The molecule has 0 radical (unpaired) electrons. The van der Waals surface area contributed by atoms with Gasteiger partial charge < -0.3 is 5.73 Å². The topological polar surface area (TPSA) is 86.2 Å². The minimum atomic E-state index is -0.599. The zero-order valence-corrected chi connectivity index (χ0v) is 8.47. The van der Waals surface area contributed by atoms with E-state index in [1.165, 1.54) is 12.1 Å². The molecule has 1 rings (SSSR count). The fourth-order valence-electron chi connectivity index (χ4n) is 1.12. The van der Waals surface area contributed by atoms with Crippen molar-refractivity contribution in [1.29, 1.82) is 0 Å². The van der Waals surface area contributed by atoms with Gasteiger partial charge in [-0.05, 0) is 12.1 Å². The molecule has 0 unspecified atom stereocenters. The summed E-state index contributed by atoms with van der Waals surface area (Å²) in [4.78, 5) is 20.6. The Hall–Kier alpha value is -2.19. The van der Waals surface area contributed by atoms with Gasteiger partial charge in [0.2, 0.25) is 0 Å². The Morgan fingerprint density at radius 3 is 2.81 bits per heavy atom. The number of nitrogens with two attached hydrogens (primary N) is 1. The first-order valence-corrected chi connectivity index (χ1v) is 4.61. The highest BCUT2D eigenvalue weighted by Gasteiger charge is 2.12. The third-order valence-corrected chi connectivity index (χ3v) is 1.86. The lowest BCUT2D eigenvalue weighted by atomic mass is 10.1. The van der Waals surface area contributed by atoms with Crippen molar-refractivity contribution >= 4 is 12.0 Å². The van der Waals surface area contributed by atoms with E-state index in [0.717, 1.165) is 0 Å². The molecule has 5 heteroatoms. The normalized spacial score (nSPS) is 9.06. The van der Waals surface area contributed by atoms with Crippen molar-refractivity contribution < 1.29 is 9.72 Å². The quantitative estimate of drug-likeness (QED) is 0.356. The Morgan fingerprint density at radius 1 is 1.50 bits per heavy atom. The van der Waals surface area contributed by atoms with Crippen molar-refractivity contribution in [2.24, 2.45) is 5.73 Å². The minimum absolute atomic E-state index is 0.0503. The molecule has 0 aliphatic carbocycles. The maximum absolute atomic E-state index is 10.6. The number of hydrogen-bond donors (Lipinski definition) is 1. The van der Waals surface area contributed by atoms with Crippen LogP contribution in [-0.4, -0.2) is 17.8 Å². The van der Waals surface area contributed by atoms with Crippen LogP contribution in [0, 0.1) is 22.0 Å². The summed E-state index contributed by atoms with van der Waals surface area (Å²) >= 11 is 0. The molecule has 0 atom stereocenters.